The van der Waals surface area contributed by atoms with Gasteiger partial charge in [0.1, 0.15) is 6.54 Å². The van der Waals surface area contributed by atoms with Crippen LogP contribution in [0.15, 0.2) is 59.8 Å². The number of nitrogens with zero attached hydrogens (tertiary/aromatic N) is 3. The Hall–Kier alpha value is -2.67. The molecular formula is C22H27N3O3S. The van der Waals surface area contributed by atoms with Crippen molar-refractivity contribution >= 4 is 26.8 Å². The molecule has 0 atom stereocenters. The van der Waals surface area contributed by atoms with Crippen LogP contribution in [0.5, 0.6) is 0 Å². The minimum absolute atomic E-state index is 0.0154. The van der Waals surface area contributed by atoms with E-state index < -0.39 is 9.84 Å². The minimum atomic E-state index is -3.74. The second-order valence-electron chi connectivity index (χ2n) is 7.70. The summed E-state index contributed by atoms with van der Waals surface area (Å²) in [6, 6.07) is 16.2. The van der Waals surface area contributed by atoms with Gasteiger partial charge in [-0.3, -0.25) is 4.79 Å². The molecule has 1 heterocycles. The number of carbonyl (C=O) groups excluding carboxylic acids is 1. The number of carbonyl (C=O) groups is 1. The van der Waals surface area contributed by atoms with Crippen LogP contribution in [0, 0.1) is 0 Å². The number of fused-ring (bicyclic) bond motifs is 1. The van der Waals surface area contributed by atoms with E-state index in [0.29, 0.717) is 16.6 Å². The predicted molar refractivity (Wildman–Crippen MR) is 114 cm³/mol. The van der Waals surface area contributed by atoms with Gasteiger partial charge in [0.25, 0.3) is 0 Å². The van der Waals surface area contributed by atoms with Gasteiger partial charge in [-0.2, -0.15) is 0 Å². The summed E-state index contributed by atoms with van der Waals surface area (Å²) in [4.78, 5) is 19.2. The van der Waals surface area contributed by atoms with E-state index in [1.54, 1.807) is 41.3 Å². The molecule has 1 amide bonds. The van der Waals surface area contributed by atoms with E-state index in [-0.39, 0.29) is 35.4 Å². The number of amides is 1. The molecule has 154 valence electrons. The molecule has 0 N–H and O–H groups in total. The second-order valence-corrected chi connectivity index (χ2v) is 9.59. The lowest BCUT2D eigenvalue weighted by Gasteiger charge is -2.31. The third-order valence-corrected chi connectivity index (χ3v) is 6.37. The minimum Gasteiger partial charge on any atom is -0.336 e. The van der Waals surface area contributed by atoms with Gasteiger partial charge >= 0.3 is 0 Å². The van der Waals surface area contributed by atoms with Crippen LogP contribution < -0.4 is 0 Å². The average molecular weight is 414 g/mol. The summed E-state index contributed by atoms with van der Waals surface area (Å²) >= 11 is 0. The summed E-state index contributed by atoms with van der Waals surface area (Å²) in [5.41, 5.74) is 1.89. The molecule has 0 saturated heterocycles. The Morgan fingerprint density at radius 3 is 2.17 bits per heavy atom. The van der Waals surface area contributed by atoms with Gasteiger partial charge in [0, 0.05) is 12.1 Å². The second kappa shape index (κ2) is 8.37. The number of para-hydroxylation sites is 2. The Bertz CT molecular complexity index is 1090. The third-order valence-electron chi connectivity index (χ3n) is 4.79. The topological polar surface area (TPSA) is 72.3 Å². The first kappa shape index (κ1) is 21.0. The van der Waals surface area contributed by atoms with Crippen molar-refractivity contribution in [3.05, 3.63) is 60.2 Å². The smallest absolute Gasteiger partial charge is 0.243 e. The van der Waals surface area contributed by atoms with E-state index in [0.717, 1.165) is 0 Å². The molecule has 6 nitrogen and oxygen atoms in total. The third kappa shape index (κ3) is 4.50. The lowest BCUT2D eigenvalue weighted by atomic mass is 10.2. The highest BCUT2D eigenvalue weighted by atomic mass is 32.2. The van der Waals surface area contributed by atoms with Crippen molar-refractivity contribution in [3.8, 4) is 0 Å². The first-order valence-electron chi connectivity index (χ1n) is 9.74. The molecule has 7 heteroatoms. The molecule has 2 aromatic carbocycles. The molecule has 0 unspecified atom stereocenters. The van der Waals surface area contributed by atoms with Crippen LogP contribution in [0.3, 0.4) is 0 Å². The fraction of sp³-hybridized carbons (Fsp3) is 0.364. The normalized spacial score (nSPS) is 12.1. The fourth-order valence-corrected chi connectivity index (χ4v) is 5.19. The number of aromatic nitrogens is 2. The molecule has 0 aliphatic rings. The lowest BCUT2D eigenvalue weighted by Crippen LogP contribution is -2.44. The summed E-state index contributed by atoms with van der Waals surface area (Å²) in [6.07, 6.45) is 0. The van der Waals surface area contributed by atoms with E-state index in [1.807, 2.05) is 45.9 Å². The van der Waals surface area contributed by atoms with Gasteiger partial charge in [0.15, 0.2) is 0 Å². The van der Waals surface area contributed by atoms with Crippen LogP contribution in [0.1, 0.15) is 33.3 Å². The molecule has 0 saturated carbocycles. The zero-order valence-corrected chi connectivity index (χ0v) is 18.1. The quantitative estimate of drug-likeness (QED) is 0.593. The maximum absolute atomic E-state index is 13.2. The van der Waals surface area contributed by atoms with E-state index in [9.17, 15) is 13.2 Å². The van der Waals surface area contributed by atoms with Crippen molar-refractivity contribution in [2.75, 3.05) is 0 Å². The highest BCUT2D eigenvalue weighted by Crippen LogP contribution is 2.23. The number of rotatable bonds is 7. The van der Waals surface area contributed by atoms with E-state index in [4.69, 9.17) is 0 Å². The summed E-state index contributed by atoms with van der Waals surface area (Å²) < 4.78 is 27.9. The number of sulfone groups is 1. The van der Waals surface area contributed by atoms with Gasteiger partial charge in [-0.05, 0) is 45.4 Å². The van der Waals surface area contributed by atoms with E-state index in [1.165, 1.54) is 4.57 Å². The van der Waals surface area contributed by atoms with Crippen LogP contribution in [-0.4, -0.2) is 40.9 Å². The molecule has 0 spiro atoms. The molecule has 3 rings (SSSR count). The Morgan fingerprint density at radius 2 is 1.55 bits per heavy atom. The maximum atomic E-state index is 13.2. The van der Waals surface area contributed by atoms with Crippen LogP contribution >= 0.6 is 0 Å². The highest BCUT2D eigenvalue weighted by Gasteiger charge is 2.28. The van der Waals surface area contributed by atoms with Gasteiger partial charge in [0.05, 0.1) is 16.8 Å². The van der Waals surface area contributed by atoms with Gasteiger partial charge in [-0.15, -0.1) is 0 Å². The standard InChI is InChI=1S/C22H27N3O3S/c1-16(2)25(17(3)4)21(26)14-24-20-13-9-8-12-19(20)23-22(24)29(27,28)15-18-10-6-5-7-11-18/h5-13,16-17H,14-15H2,1-4H3. The molecule has 1 aromatic heterocycles. The van der Waals surface area contributed by atoms with Crippen LogP contribution in [0.25, 0.3) is 11.0 Å². The molecule has 0 aliphatic heterocycles. The maximum Gasteiger partial charge on any atom is 0.243 e. The van der Waals surface area contributed by atoms with Crippen molar-refractivity contribution in [1.29, 1.82) is 0 Å². The van der Waals surface area contributed by atoms with Gasteiger partial charge < -0.3 is 9.47 Å². The summed E-state index contributed by atoms with van der Waals surface area (Å²) in [5, 5.41) is -0.0663. The number of benzene rings is 2. The Labute approximate surface area is 172 Å². The van der Waals surface area contributed by atoms with Crippen LogP contribution in [0.4, 0.5) is 0 Å². The van der Waals surface area contributed by atoms with Crippen molar-refractivity contribution in [2.45, 2.75) is 57.2 Å². The average Bonchev–Trinajstić information content (AvgIpc) is 3.01. The zero-order valence-electron chi connectivity index (χ0n) is 17.2. The molecule has 0 bridgehead atoms. The SMILES string of the molecule is CC(C)N(C(=O)Cn1c(S(=O)(=O)Cc2ccccc2)nc2ccccc21)C(C)C. The van der Waals surface area contributed by atoms with Crippen molar-refractivity contribution in [3.63, 3.8) is 0 Å². The molecule has 0 radical (unpaired) electrons. The summed E-state index contributed by atoms with van der Waals surface area (Å²) in [6.45, 7) is 7.75. The molecule has 3 aromatic rings. The number of hydrogen-bond donors (Lipinski definition) is 0. The largest absolute Gasteiger partial charge is 0.336 e. The lowest BCUT2D eigenvalue weighted by molar-refractivity contribution is -0.135. The Morgan fingerprint density at radius 1 is 0.966 bits per heavy atom. The Kier molecular flexibility index (Phi) is 6.07. The van der Waals surface area contributed by atoms with Crippen molar-refractivity contribution in [2.24, 2.45) is 0 Å². The van der Waals surface area contributed by atoms with Crippen molar-refractivity contribution < 1.29 is 13.2 Å². The summed E-state index contributed by atoms with van der Waals surface area (Å²) in [5.74, 6) is -0.294. The number of imidazole rings is 1. The molecule has 0 aliphatic carbocycles. The van der Waals surface area contributed by atoms with Crippen molar-refractivity contribution in [1.82, 2.24) is 14.5 Å². The number of hydrogen-bond acceptors (Lipinski definition) is 4. The first-order chi connectivity index (χ1) is 13.7. The Balaban J connectivity index is 2.06. The van der Waals surface area contributed by atoms with Gasteiger partial charge in [-0.25, -0.2) is 13.4 Å². The van der Waals surface area contributed by atoms with Gasteiger partial charge in [-0.1, -0.05) is 42.5 Å². The molecule has 0 fully saturated rings. The monoisotopic (exact) mass is 413 g/mol. The molecular weight excluding hydrogens is 386 g/mol. The zero-order chi connectivity index (χ0) is 21.2. The van der Waals surface area contributed by atoms with E-state index in [2.05, 4.69) is 4.98 Å². The van der Waals surface area contributed by atoms with E-state index >= 15 is 0 Å². The van der Waals surface area contributed by atoms with Gasteiger partial charge in [0.2, 0.25) is 20.9 Å². The first-order valence-corrected chi connectivity index (χ1v) is 11.4. The molecule has 29 heavy (non-hydrogen) atoms. The highest BCUT2D eigenvalue weighted by molar-refractivity contribution is 7.90. The summed E-state index contributed by atoms with van der Waals surface area (Å²) in [7, 11) is -3.74. The van der Waals surface area contributed by atoms with Crippen LogP contribution in [0.2, 0.25) is 0 Å². The van der Waals surface area contributed by atoms with Crippen LogP contribution in [-0.2, 0) is 26.9 Å². The predicted octanol–water partition coefficient (Wildman–Crippen LogP) is 3.66. The fourth-order valence-electron chi connectivity index (χ4n) is 3.69.